The van der Waals surface area contributed by atoms with Crippen LogP contribution in [0.1, 0.15) is 79.3 Å². The Hall–Kier alpha value is -3.38. The first-order chi connectivity index (χ1) is 16.6. The molecule has 0 radical (unpaired) electrons. The smallest absolute Gasteiger partial charge is 0.251 e. The van der Waals surface area contributed by atoms with Crippen molar-refractivity contribution in [3.05, 3.63) is 88.7 Å². The lowest BCUT2D eigenvalue weighted by atomic mass is 9.75. The Balaban J connectivity index is 1.52. The second kappa shape index (κ2) is 11.2. The van der Waals surface area contributed by atoms with Crippen LogP contribution in [0.2, 0.25) is 0 Å². The van der Waals surface area contributed by atoms with E-state index in [1.165, 1.54) is 57.3 Å². The van der Waals surface area contributed by atoms with E-state index in [2.05, 4.69) is 54.6 Å². The molecule has 3 heteroatoms. The van der Waals surface area contributed by atoms with Gasteiger partial charge in [0.2, 0.25) is 0 Å². The SMILES string of the molecule is C#CCCCCC1=C(CCCNC(=O)c2ccc(F)cc2)c2ccc3ccccc3c2C(C)C1. The van der Waals surface area contributed by atoms with E-state index >= 15 is 0 Å². The number of terminal acetylenes is 1. The van der Waals surface area contributed by atoms with Crippen molar-refractivity contribution in [1.82, 2.24) is 5.32 Å². The number of hydrogen-bond acceptors (Lipinski definition) is 1. The van der Waals surface area contributed by atoms with Crippen LogP contribution < -0.4 is 5.32 Å². The molecule has 0 fully saturated rings. The summed E-state index contributed by atoms with van der Waals surface area (Å²) in [5.74, 6) is 2.73. The van der Waals surface area contributed by atoms with Crippen molar-refractivity contribution in [2.75, 3.05) is 6.54 Å². The second-order valence-electron chi connectivity index (χ2n) is 9.21. The Morgan fingerprint density at radius 3 is 2.62 bits per heavy atom. The van der Waals surface area contributed by atoms with Crippen LogP contribution in [0.25, 0.3) is 16.3 Å². The maximum absolute atomic E-state index is 13.1. The number of fused-ring (bicyclic) bond motifs is 3. The van der Waals surface area contributed by atoms with E-state index in [-0.39, 0.29) is 11.7 Å². The highest BCUT2D eigenvalue weighted by molar-refractivity contribution is 5.94. The number of unbranched alkanes of at least 4 members (excludes halogenated alkanes) is 2. The Kier molecular flexibility index (Phi) is 7.80. The van der Waals surface area contributed by atoms with E-state index in [1.54, 1.807) is 0 Å². The highest BCUT2D eigenvalue weighted by Gasteiger charge is 2.25. The quantitative estimate of drug-likeness (QED) is 0.262. The normalized spacial score (nSPS) is 15.1. The van der Waals surface area contributed by atoms with Crippen LogP contribution in [-0.4, -0.2) is 12.5 Å². The molecular weight excluding hydrogens is 421 g/mol. The largest absolute Gasteiger partial charge is 0.352 e. The van der Waals surface area contributed by atoms with Crippen LogP contribution in [0.5, 0.6) is 0 Å². The molecule has 0 heterocycles. The van der Waals surface area contributed by atoms with Crippen LogP contribution in [0.4, 0.5) is 4.39 Å². The van der Waals surface area contributed by atoms with Gasteiger partial charge in [-0.1, -0.05) is 48.9 Å². The lowest BCUT2D eigenvalue weighted by Gasteiger charge is -2.30. The fraction of sp³-hybridized carbons (Fsp3) is 0.323. The highest BCUT2D eigenvalue weighted by atomic mass is 19.1. The summed E-state index contributed by atoms with van der Waals surface area (Å²) >= 11 is 0. The summed E-state index contributed by atoms with van der Waals surface area (Å²) in [6.07, 6.45) is 12.4. The van der Waals surface area contributed by atoms with Crippen LogP contribution in [0, 0.1) is 18.2 Å². The van der Waals surface area contributed by atoms with E-state index in [4.69, 9.17) is 6.42 Å². The van der Waals surface area contributed by atoms with Crippen molar-refractivity contribution < 1.29 is 9.18 Å². The van der Waals surface area contributed by atoms with Gasteiger partial charge in [0.25, 0.3) is 5.91 Å². The molecule has 2 nitrogen and oxygen atoms in total. The molecule has 1 aliphatic rings. The van der Waals surface area contributed by atoms with Crippen LogP contribution >= 0.6 is 0 Å². The molecule has 34 heavy (non-hydrogen) atoms. The van der Waals surface area contributed by atoms with Gasteiger partial charge in [0, 0.05) is 18.5 Å². The zero-order chi connectivity index (χ0) is 23.9. The molecule has 1 atom stereocenters. The van der Waals surface area contributed by atoms with Gasteiger partial charge in [-0.25, -0.2) is 4.39 Å². The van der Waals surface area contributed by atoms with Gasteiger partial charge < -0.3 is 5.32 Å². The molecule has 0 aromatic heterocycles. The minimum Gasteiger partial charge on any atom is -0.352 e. The number of amides is 1. The lowest BCUT2D eigenvalue weighted by molar-refractivity contribution is 0.0953. The number of halogens is 1. The van der Waals surface area contributed by atoms with Gasteiger partial charge in [0.05, 0.1) is 0 Å². The molecule has 1 amide bonds. The standard InChI is InChI=1S/C31H32FNO/c1-3-4-5-6-11-25-21-22(2)30-28-12-8-7-10-23(28)16-19-29(30)27(25)13-9-20-33-31(34)24-14-17-26(32)18-15-24/h1,7-8,10,12,14-19,22H,4-6,9,11,13,20-21H2,2H3,(H,33,34). The predicted molar refractivity (Wildman–Crippen MR) is 139 cm³/mol. The fourth-order valence-corrected chi connectivity index (χ4v) is 5.18. The molecule has 3 aromatic carbocycles. The molecule has 174 valence electrons. The van der Waals surface area contributed by atoms with Crippen LogP contribution in [-0.2, 0) is 0 Å². The fourth-order valence-electron chi connectivity index (χ4n) is 5.18. The number of nitrogens with one attached hydrogen (secondary N) is 1. The summed E-state index contributed by atoms with van der Waals surface area (Å²) < 4.78 is 13.1. The molecule has 1 unspecified atom stereocenters. The average Bonchev–Trinajstić information content (AvgIpc) is 2.85. The number of carbonyl (C=O) groups excluding carboxylic acids is 1. The van der Waals surface area contributed by atoms with E-state index in [9.17, 15) is 9.18 Å². The molecule has 0 saturated heterocycles. The van der Waals surface area contributed by atoms with Gasteiger partial charge in [-0.2, -0.15) is 0 Å². The number of benzene rings is 3. The molecule has 0 spiro atoms. The second-order valence-corrected chi connectivity index (χ2v) is 9.21. The summed E-state index contributed by atoms with van der Waals surface area (Å²) in [4.78, 5) is 12.4. The number of allylic oxidation sites excluding steroid dienone is 2. The number of carbonyl (C=O) groups is 1. The first kappa shape index (κ1) is 23.8. The number of hydrogen-bond donors (Lipinski definition) is 1. The van der Waals surface area contributed by atoms with E-state index in [0.29, 0.717) is 18.0 Å². The molecule has 1 aliphatic carbocycles. The highest BCUT2D eigenvalue weighted by Crippen LogP contribution is 2.45. The lowest BCUT2D eigenvalue weighted by Crippen LogP contribution is -2.24. The summed E-state index contributed by atoms with van der Waals surface area (Å²) in [5.41, 5.74) is 6.29. The topological polar surface area (TPSA) is 29.1 Å². The van der Waals surface area contributed by atoms with Crippen LogP contribution in [0.3, 0.4) is 0 Å². The Morgan fingerprint density at radius 2 is 1.82 bits per heavy atom. The van der Waals surface area contributed by atoms with E-state index in [1.807, 2.05) is 0 Å². The van der Waals surface area contributed by atoms with Crippen molar-refractivity contribution in [2.24, 2.45) is 0 Å². The molecule has 1 N–H and O–H groups in total. The van der Waals surface area contributed by atoms with Crippen molar-refractivity contribution in [1.29, 1.82) is 0 Å². The zero-order valence-electron chi connectivity index (χ0n) is 19.9. The summed E-state index contributed by atoms with van der Waals surface area (Å²) in [6, 6.07) is 18.8. The summed E-state index contributed by atoms with van der Waals surface area (Å²) in [6.45, 7) is 2.93. The molecule has 0 aliphatic heterocycles. The zero-order valence-corrected chi connectivity index (χ0v) is 19.9. The first-order valence-corrected chi connectivity index (χ1v) is 12.3. The van der Waals surface area contributed by atoms with Gasteiger partial charge >= 0.3 is 0 Å². The van der Waals surface area contributed by atoms with Crippen LogP contribution in [0.15, 0.2) is 66.2 Å². The maximum atomic E-state index is 13.1. The predicted octanol–water partition coefficient (Wildman–Crippen LogP) is 7.64. The van der Waals surface area contributed by atoms with Crippen molar-refractivity contribution in [3.63, 3.8) is 0 Å². The third-order valence-corrected chi connectivity index (χ3v) is 6.81. The van der Waals surface area contributed by atoms with Crippen molar-refractivity contribution >= 4 is 22.3 Å². The number of rotatable bonds is 9. The molecule has 0 bridgehead atoms. The van der Waals surface area contributed by atoms with Gasteiger partial charge in [-0.3, -0.25) is 4.79 Å². The minimum absolute atomic E-state index is 0.160. The Labute approximate surface area is 202 Å². The van der Waals surface area contributed by atoms with E-state index in [0.717, 1.165) is 44.9 Å². The molecule has 4 rings (SSSR count). The van der Waals surface area contributed by atoms with Crippen molar-refractivity contribution in [2.45, 2.75) is 57.8 Å². The first-order valence-electron chi connectivity index (χ1n) is 12.3. The van der Waals surface area contributed by atoms with E-state index < -0.39 is 0 Å². The Bertz CT molecular complexity index is 1230. The van der Waals surface area contributed by atoms with Gasteiger partial charge in [-0.15, -0.1) is 12.3 Å². The minimum atomic E-state index is -0.337. The molecular formula is C31H32FNO. The van der Waals surface area contributed by atoms with Gasteiger partial charge in [0.1, 0.15) is 5.82 Å². The molecule has 0 saturated carbocycles. The summed E-state index contributed by atoms with van der Waals surface area (Å²) in [5, 5.41) is 5.63. The summed E-state index contributed by atoms with van der Waals surface area (Å²) in [7, 11) is 0. The monoisotopic (exact) mass is 453 g/mol. The Morgan fingerprint density at radius 1 is 1.03 bits per heavy atom. The third kappa shape index (κ3) is 5.39. The maximum Gasteiger partial charge on any atom is 0.251 e. The van der Waals surface area contributed by atoms with Gasteiger partial charge in [0.15, 0.2) is 0 Å². The van der Waals surface area contributed by atoms with Gasteiger partial charge in [-0.05, 0) is 96.2 Å². The average molecular weight is 454 g/mol. The molecule has 3 aromatic rings. The third-order valence-electron chi connectivity index (χ3n) is 6.81. The van der Waals surface area contributed by atoms with Crippen molar-refractivity contribution in [3.8, 4) is 12.3 Å².